The van der Waals surface area contributed by atoms with E-state index in [1.165, 1.54) is 64.6 Å². The molecule has 2 aromatic rings. The first-order valence-corrected chi connectivity index (χ1v) is 11.8. The second-order valence-corrected chi connectivity index (χ2v) is 9.81. The van der Waals surface area contributed by atoms with E-state index in [1.807, 2.05) is 0 Å². The van der Waals surface area contributed by atoms with Crippen molar-refractivity contribution in [2.24, 2.45) is 0 Å². The first-order valence-electron chi connectivity index (χ1n) is 8.68. The third kappa shape index (κ3) is 5.40. The number of nitrogens with one attached hydrogen (secondary N) is 3. The Kier molecular flexibility index (Phi) is 7.29. The van der Waals surface area contributed by atoms with Crippen molar-refractivity contribution in [1.29, 1.82) is 0 Å². The molecule has 0 saturated heterocycles. The Morgan fingerprint density at radius 2 is 1.63 bits per heavy atom. The highest BCUT2D eigenvalue weighted by Crippen LogP contribution is 2.30. The van der Waals surface area contributed by atoms with Gasteiger partial charge in [0.2, 0.25) is 20.0 Å². The highest BCUT2D eigenvalue weighted by Gasteiger charge is 2.20. The van der Waals surface area contributed by atoms with Gasteiger partial charge in [-0.1, -0.05) is 0 Å². The molecule has 0 aliphatic heterocycles. The van der Waals surface area contributed by atoms with Gasteiger partial charge >= 0.3 is 0 Å². The quantitative estimate of drug-likeness (QED) is 0.520. The van der Waals surface area contributed by atoms with Crippen molar-refractivity contribution in [3.63, 3.8) is 0 Å². The third-order valence-electron chi connectivity index (χ3n) is 4.09. The summed E-state index contributed by atoms with van der Waals surface area (Å²) in [4.78, 5) is 12.4. The minimum atomic E-state index is -3.85. The summed E-state index contributed by atoms with van der Waals surface area (Å²) < 4.78 is 62.7. The fourth-order valence-corrected chi connectivity index (χ4v) is 4.00. The summed E-state index contributed by atoms with van der Waals surface area (Å²) in [6.07, 6.45) is 0. The SMILES string of the molecule is CCS(=O)(=O)Nc1ccc(NC(=O)c2ccc(OC)c(S(=O)(=O)NC)c2)cc1OC. The van der Waals surface area contributed by atoms with Crippen molar-refractivity contribution in [3.05, 3.63) is 42.0 Å². The molecule has 1 amide bonds. The van der Waals surface area contributed by atoms with Crippen molar-refractivity contribution in [3.8, 4) is 11.5 Å². The van der Waals surface area contributed by atoms with Gasteiger partial charge < -0.3 is 14.8 Å². The van der Waals surface area contributed by atoms with Crippen molar-refractivity contribution in [1.82, 2.24) is 4.72 Å². The van der Waals surface area contributed by atoms with Crippen molar-refractivity contribution < 1.29 is 31.1 Å². The Hall–Kier alpha value is -2.83. The number of methoxy groups -OCH3 is 2. The monoisotopic (exact) mass is 457 g/mol. The molecule has 0 radical (unpaired) electrons. The smallest absolute Gasteiger partial charge is 0.255 e. The summed E-state index contributed by atoms with van der Waals surface area (Å²) in [5, 5.41) is 2.62. The van der Waals surface area contributed by atoms with Crippen LogP contribution in [-0.2, 0) is 20.0 Å². The van der Waals surface area contributed by atoms with Gasteiger partial charge in [-0.3, -0.25) is 9.52 Å². The minimum absolute atomic E-state index is 0.0827. The van der Waals surface area contributed by atoms with E-state index in [-0.39, 0.29) is 33.4 Å². The number of hydrogen-bond acceptors (Lipinski definition) is 7. The molecule has 2 rings (SSSR count). The lowest BCUT2D eigenvalue weighted by atomic mass is 10.2. The molecule has 0 unspecified atom stereocenters. The number of ether oxygens (including phenoxy) is 2. The molecule has 30 heavy (non-hydrogen) atoms. The van der Waals surface area contributed by atoms with E-state index in [0.717, 1.165) is 0 Å². The van der Waals surface area contributed by atoms with Gasteiger partial charge in [-0.25, -0.2) is 21.6 Å². The van der Waals surface area contributed by atoms with Gasteiger partial charge in [-0.2, -0.15) is 0 Å². The Balaban J connectivity index is 2.33. The number of amides is 1. The largest absolute Gasteiger partial charge is 0.495 e. The number of carbonyl (C=O) groups is 1. The Morgan fingerprint density at radius 3 is 2.20 bits per heavy atom. The van der Waals surface area contributed by atoms with E-state index < -0.39 is 26.0 Å². The highest BCUT2D eigenvalue weighted by molar-refractivity contribution is 7.92. The standard InChI is InChI=1S/C18H23N3O7S2/c1-5-29(23,24)21-14-8-7-13(11-16(14)28-4)20-18(22)12-6-9-15(27-3)17(10-12)30(25,26)19-2/h6-11,19,21H,5H2,1-4H3,(H,20,22). The van der Waals surface area contributed by atoms with Gasteiger partial charge in [0.1, 0.15) is 16.4 Å². The fourth-order valence-electron chi connectivity index (χ4n) is 2.43. The molecule has 0 atom stereocenters. The fraction of sp³-hybridized carbons (Fsp3) is 0.278. The number of rotatable bonds is 9. The molecule has 12 heteroatoms. The molecule has 10 nitrogen and oxygen atoms in total. The number of hydrogen-bond donors (Lipinski definition) is 3. The molecular formula is C18H23N3O7S2. The van der Waals surface area contributed by atoms with E-state index in [1.54, 1.807) is 0 Å². The molecule has 0 aromatic heterocycles. The Bertz CT molecular complexity index is 1150. The van der Waals surface area contributed by atoms with Gasteiger partial charge in [-0.05, 0) is 44.3 Å². The molecule has 0 aliphatic rings. The zero-order chi connectivity index (χ0) is 22.5. The predicted molar refractivity (Wildman–Crippen MR) is 113 cm³/mol. The van der Waals surface area contributed by atoms with Gasteiger partial charge in [0.15, 0.2) is 0 Å². The van der Waals surface area contributed by atoms with Crippen LogP contribution in [0.2, 0.25) is 0 Å². The topological polar surface area (TPSA) is 140 Å². The summed E-state index contributed by atoms with van der Waals surface area (Å²) in [7, 11) is -3.41. The molecule has 0 saturated carbocycles. The summed E-state index contributed by atoms with van der Waals surface area (Å²) in [6.45, 7) is 1.50. The zero-order valence-electron chi connectivity index (χ0n) is 16.8. The average Bonchev–Trinajstić information content (AvgIpc) is 2.74. The molecule has 3 N–H and O–H groups in total. The van der Waals surface area contributed by atoms with E-state index in [9.17, 15) is 21.6 Å². The zero-order valence-corrected chi connectivity index (χ0v) is 18.5. The summed E-state index contributed by atoms with van der Waals surface area (Å²) in [5.74, 6) is -0.383. The van der Waals surface area contributed by atoms with Gasteiger partial charge in [0.05, 0.1) is 25.7 Å². The molecule has 0 aliphatic carbocycles. The van der Waals surface area contributed by atoms with Crippen LogP contribution in [0.15, 0.2) is 41.3 Å². The summed E-state index contributed by atoms with van der Waals surface area (Å²) in [6, 6.07) is 8.38. The maximum Gasteiger partial charge on any atom is 0.255 e. The maximum absolute atomic E-state index is 12.6. The molecule has 0 bridgehead atoms. The predicted octanol–water partition coefficient (Wildman–Crippen LogP) is 1.63. The van der Waals surface area contributed by atoms with Crippen molar-refractivity contribution in [2.45, 2.75) is 11.8 Å². The molecule has 164 valence electrons. The van der Waals surface area contributed by atoms with Crippen molar-refractivity contribution in [2.75, 3.05) is 37.1 Å². The van der Waals surface area contributed by atoms with Gasteiger partial charge in [0, 0.05) is 17.3 Å². The van der Waals surface area contributed by atoms with Gasteiger partial charge in [0.25, 0.3) is 5.91 Å². The number of benzene rings is 2. The molecular weight excluding hydrogens is 434 g/mol. The first-order chi connectivity index (χ1) is 14.1. The lowest BCUT2D eigenvalue weighted by Gasteiger charge is -2.14. The number of sulfonamides is 2. The van der Waals surface area contributed by atoms with E-state index in [0.29, 0.717) is 5.69 Å². The average molecular weight is 458 g/mol. The second kappa shape index (κ2) is 9.32. The summed E-state index contributed by atoms with van der Waals surface area (Å²) >= 11 is 0. The van der Waals surface area contributed by atoms with Crippen LogP contribution >= 0.6 is 0 Å². The van der Waals surface area contributed by atoms with E-state index in [4.69, 9.17) is 9.47 Å². The van der Waals surface area contributed by atoms with Crippen molar-refractivity contribution >= 4 is 37.3 Å². The van der Waals surface area contributed by atoms with E-state index >= 15 is 0 Å². The lowest BCUT2D eigenvalue weighted by molar-refractivity contribution is 0.102. The van der Waals surface area contributed by atoms with E-state index in [2.05, 4.69) is 14.8 Å². The number of anilines is 2. The Morgan fingerprint density at radius 1 is 0.967 bits per heavy atom. The third-order valence-corrected chi connectivity index (χ3v) is 6.82. The van der Waals surface area contributed by atoms with Crippen LogP contribution in [0, 0.1) is 0 Å². The van der Waals surface area contributed by atoms with Crippen LogP contribution in [0.4, 0.5) is 11.4 Å². The van der Waals surface area contributed by atoms with Crippen LogP contribution in [0.5, 0.6) is 11.5 Å². The van der Waals surface area contributed by atoms with Crippen LogP contribution in [0.1, 0.15) is 17.3 Å². The maximum atomic E-state index is 12.6. The second-order valence-electron chi connectivity index (χ2n) is 5.95. The van der Waals surface area contributed by atoms with Crippen LogP contribution in [-0.4, -0.2) is 49.8 Å². The molecule has 2 aromatic carbocycles. The van der Waals surface area contributed by atoms with Crippen LogP contribution in [0.3, 0.4) is 0 Å². The highest BCUT2D eigenvalue weighted by atomic mass is 32.2. The number of carbonyl (C=O) groups excluding carboxylic acids is 1. The van der Waals surface area contributed by atoms with Crippen LogP contribution in [0.25, 0.3) is 0 Å². The molecule has 0 heterocycles. The molecule has 0 fully saturated rings. The minimum Gasteiger partial charge on any atom is -0.495 e. The Labute approximate surface area is 175 Å². The summed E-state index contributed by atoms with van der Waals surface area (Å²) in [5.41, 5.74) is 0.633. The molecule has 0 spiro atoms. The first kappa shape index (κ1) is 23.4. The lowest BCUT2D eigenvalue weighted by Crippen LogP contribution is -2.20. The normalized spacial score (nSPS) is 11.6. The van der Waals surface area contributed by atoms with Crippen LogP contribution < -0.4 is 24.2 Å². The van der Waals surface area contributed by atoms with Gasteiger partial charge in [-0.15, -0.1) is 0 Å².